The van der Waals surface area contributed by atoms with E-state index >= 15 is 0 Å². The van der Waals surface area contributed by atoms with E-state index in [1.165, 1.54) is 18.5 Å². The zero-order chi connectivity index (χ0) is 12.5. The molecule has 0 radical (unpaired) electrons. The van der Waals surface area contributed by atoms with E-state index < -0.39 is 0 Å². The Morgan fingerprint density at radius 1 is 1.24 bits per heavy atom. The fraction of sp³-hybridized carbons (Fsp3) is 0.533. The van der Waals surface area contributed by atoms with E-state index in [-0.39, 0.29) is 0 Å². The van der Waals surface area contributed by atoms with E-state index in [0.717, 1.165) is 30.5 Å². The summed E-state index contributed by atoms with van der Waals surface area (Å²) < 4.78 is 0. The van der Waals surface area contributed by atoms with Crippen LogP contribution in [0.15, 0.2) is 18.2 Å². The summed E-state index contributed by atoms with van der Waals surface area (Å²) in [4.78, 5) is 13.2. The molecule has 1 aromatic carbocycles. The van der Waals surface area contributed by atoms with Gasteiger partial charge in [-0.05, 0) is 48.9 Å². The standard InChI is InChI=1S/C15H21NO/c1-12-10-14(5-4-13(12)11-17)16-8-6-15(2,3)7-9-16/h4-5,10-11H,6-9H2,1-3H3. The minimum atomic E-state index is 0.480. The molecule has 2 heteroatoms. The highest BCUT2D eigenvalue weighted by molar-refractivity contribution is 5.78. The van der Waals surface area contributed by atoms with Crippen LogP contribution in [0.3, 0.4) is 0 Å². The average Bonchev–Trinajstić information content (AvgIpc) is 2.29. The molecular formula is C15H21NO. The quantitative estimate of drug-likeness (QED) is 0.727. The summed E-state index contributed by atoms with van der Waals surface area (Å²) in [5, 5.41) is 0. The molecule has 2 rings (SSSR count). The van der Waals surface area contributed by atoms with Gasteiger partial charge in [0.15, 0.2) is 0 Å². The van der Waals surface area contributed by atoms with E-state index in [0.29, 0.717) is 5.41 Å². The van der Waals surface area contributed by atoms with Gasteiger partial charge in [0.2, 0.25) is 0 Å². The Kier molecular flexibility index (Phi) is 3.23. The van der Waals surface area contributed by atoms with Gasteiger partial charge < -0.3 is 4.90 Å². The van der Waals surface area contributed by atoms with Crippen molar-refractivity contribution in [2.45, 2.75) is 33.6 Å². The molecule has 1 aliphatic rings. The maximum absolute atomic E-state index is 10.8. The smallest absolute Gasteiger partial charge is 0.150 e. The van der Waals surface area contributed by atoms with Gasteiger partial charge in [-0.15, -0.1) is 0 Å². The number of nitrogens with zero attached hydrogens (tertiary/aromatic N) is 1. The number of hydrogen-bond donors (Lipinski definition) is 0. The molecule has 1 heterocycles. The van der Waals surface area contributed by atoms with Crippen LogP contribution in [0.2, 0.25) is 0 Å². The second-order valence-corrected chi connectivity index (χ2v) is 5.81. The molecule has 1 saturated heterocycles. The molecule has 0 saturated carbocycles. The van der Waals surface area contributed by atoms with Crippen molar-refractivity contribution in [3.05, 3.63) is 29.3 Å². The molecule has 2 nitrogen and oxygen atoms in total. The van der Waals surface area contributed by atoms with Gasteiger partial charge in [-0.2, -0.15) is 0 Å². The van der Waals surface area contributed by atoms with Crippen molar-refractivity contribution in [3.63, 3.8) is 0 Å². The number of carbonyl (C=O) groups is 1. The van der Waals surface area contributed by atoms with Gasteiger partial charge in [0.25, 0.3) is 0 Å². The third kappa shape index (κ3) is 2.68. The first-order valence-corrected chi connectivity index (χ1v) is 6.33. The molecule has 17 heavy (non-hydrogen) atoms. The van der Waals surface area contributed by atoms with Crippen LogP contribution in [0.5, 0.6) is 0 Å². The zero-order valence-corrected chi connectivity index (χ0v) is 11.0. The number of piperidine rings is 1. The Balaban J connectivity index is 2.14. The Morgan fingerprint density at radius 2 is 1.88 bits per heavy atom. The van der Waals surface area contributed by atoms with Gasteiger partial charge in [0.05, 0.1) is 0 Å². The predicted octanol–water partition coefficient (Wildman–Crippen LogP) is 3.43. The number of rotatable bonds is 2. The topological polar surface area (TPSA) is 20.3 Å². The first-order valence-electron chi connectivity index (χ1n) is 6.33. The normalized spacial score (nSPS) is 19.1. The van der Waals surface area contributed by atoms with Gasteiger partial charge in [-0.25, -0.2) is 0 Å². The van der Waals surface area contributed by atoms with Gasteiger partial charge in [-0.1, -0.05) is 13.8 Å². The summed E-state index contributed by atoms with van der Waals surface area (Å²) >= 11 is 0. The van der Waals surface area contributed by atoms with Crippen molar-refractivity contribution in [1.82, 2.24) is 0 Å². The highest BCUT2D eigenvalue weighted by Crippen LogP contribution is 2.32. The molecule has 0 spiro atoms. The van der Waals surface area contributed by atoms with Gasteiger partial charge in [-0.3, -0.25) is 4.79 Å². The van der Waals surface area contributed by atoms with Gasteiger partial charge >= 0.3 is 0 Å². The number of carbonyl (C=O) groups excluding carboxylic acids is 1. The molecule has 0 unspecified atom stereocenters. The molecular weight excluding hydrogens is 210 g/mol. The molecule has 0 aliphatic carbocycles. The predicted molar refractivity (Wildman–Crippen MR) is 71.8 cm³/mol. The fourth-order valence-corrected chi connectivity index (χ4v) is 2.36. The lowest BCUT2D eigenvalue weighted by molar-refractivity contribution is 0.112. The molecule has 92 valence electrons. The summed E-state index contributed by atoms with van der Waals surface area (Å²) in [6.07, 6.45) is 3.40. The summed E-state index contributed by atoms with van der Waals surface area (Å²) in [7, 11) is 0. The van der Waals surface area contributed by atoms with Crippen LogP contribution in [-0.2, 0) is 0 Å². The Labute approximate surface area is 104 Å². The van der Waals surface area contributed by atoms with Crippen molar-refractivity contribution in [1.29, 1.82) is 0 Å². The van der Waals surface area contributed by atoms with E-state index in [2.05, 4.69) is 30.9 Å². The van der Waals surface area contributed by atoms with Crippen molar-refractivity contribution in [2.24, 2.45) is 5.41 Å². The second-order valence-electron chi connectivity index (χ2n) is 5.81. The lowest BCUT2D eigenvalue weighted by Gasteiger charge is -2.38. The third-order valence-electron chi connectivity index (χ3n) is 3.86. The largest absolute Gasteiger partial charge is 0.371 e. The van der Waals surface area contributed by atoms with E-state index in [1.54, 1.807) is 0 Å². The monoisotopic (exact) mass is 231 g/mol. The van der Waals surface area contributed by atoms with E-state index in [9.17, 15) is 4.79 Å². The Morgan fingerprint density at radius 3 is 2.41 bits per heavy atom. The van der Waals surface area contributed by atoms with Crippen LogP contribution >= 0.6 is 0 Å². The zero-order valence-electron chi connectivity index (χ0n) is 11.0. The van der Waals surface area contributed by atoms with Crippen LogP contribution in [0, 0.1) is 12.3 Å². The molecule has 0 bridgehead atoms. The number of aldehydes is 1. The Bertz CT molecular complexity index is 413. The minimum absolute atomic E-state index is 0.480. The van der Waals surface area contributed by atoms with E-state index in [4.69, 9.17) is 0 Å². The molecule has 1 fully saturated rings. The number of hydrogen-bond acceptors (Lipinski definition) is 2. The molecule has 0 aromatic heterocycles. The lowest BCUT2D eigenvalue weighted by atomic mass is 9.82. The highest BCUT2D eigenvalue weighted by atomic mass is 16.1. The minimum Gasteiger partial charge on any atom is -0.371 e. The first kappa shape index (κ1) is 12.2. The van der Waals surface area contributed by atoms with E-state index in [1.807, 2.05) is 13.0 Å². The van der Waals surface area contributed by atoms with Crippen LogP contribution in [-0.4, -0.2) is 19.4 Å². The number of aryl methyl sites for hydroxylation is 1. The van der Waals surface area contributed by atoms with Crippen molar-refractivity contribution >= 4 is 12.0 Å². The summed E-state index contributed by atoms with van der Waals surface area (Å²) in [6.45, 7) is 8.91. The molecule has 0 amide bonds. The van der Waals surface area contributed by atoms with Crippen LogP contribution in [0.4, 0.5) is 5.69 Å². The lowest BCUT2D eigenvalue weighted by Crippen LogP contribution is -2.37. The van der Waals surface area contributed by atoms with Crippen LogP contribution in [0.25, 0.3) is 0 Å². The average molecular weight is 231 g/mol. The van der Waals surface area contributed by atoms with Crippen LogP contribution in [0.1, 0.15) is 42.6 Å². The highest BCUT2D eigenvalue weighted by Gasteiger charge is 2.25. The molecule has 0 atom stereocenters. The van der Waals surface area contributed by atoms with Gasteiger partial charge in [0.1, 0.15) is 6.29 Å². The fourth-order valence-electron chi connectivity index (χ4n) is 2.36. The maximum atomic E-state index is 10.8. The van der Waals surface area contributed by atoms with Crippen molar-refractivity contribution < 1.29 is 4.79 Å². The summed E-state index contributed by atoms with van der Waals surface area (Å²) in [6, 6.07) is 6.12. The molecule has 0 N–H and O–H groups in total. The van der Waals surface area contributed by atoms with Crippen molar-refractivity contribution in [3.8, 4) is 0 Å². The first-order chi connectivity index (χ1) is 8.02. The SMILES string of the molecule is Cc1cc(N2CCC(C)(C)CC2)ccc1C=O. The summed E-state index contributed by atoms with van der Waals surface area (Å²) in [5.41, 5.74) is 3.60. The second kappa shape index (κ2) is 4.52. The number of benzene rings is 1. The number of anilines is 1. The molecule has 1 aliphatic heterocycles. The van der Waals surface area contributed by atoms with Gasteiger partial charge in [0, 0.05) is 24.3 Å². The maximum Gasteiger partial charge on any atom is 0.150 e. The van der Waals surface area contributed by atoms with Crippen molar-refractivity contribution in [2.75, 3.05) is 18.0 Å². The Hall–Kier alpha value is -1.31. The molecule has 1 aromatic rings. The summed E-state index contributed by atoms with van der Waals surface area (Å²) in [5.74, 6) is 0. The third-order valence-corrected chi connectivity index (χ3v) is 3.86. The van der Waals surface area contributed by atoms with Crippen LogP contribution < -0.4 is 4.90 Å².